The molecule has 0 fully saturated rings. The summed E-state index contributed by atoms with van der Waals surface area (Å²) < 4.78 is 7.10. The van der Waals surface area contributed by atoms with Gasteiger partial charge in [-0.3, -0.25) is 4.68 Å². The smallest absolute Gasteiger partial charge is 0.407 e. The van der Waals surface area contributed by atoms with E-state index in [0.717, 1.165) is 22.4 Å². The third-order valence-electron chi connectivity index (χ3n) is 6.44. The lowest BCUT2D eigenvalue weighted by Crippen LogP contribution is -2.60. The molecule has 8 heteroatoms. The van der Waals surface area contributed by atoms with Crippen molar-refractivity contribution < 1.29 is 19.4 Å². The molecule has 0 bridgehead atoms. The number of rotatable bonds is 6. The second-order valence-corrected chi connectivity index (χ2v) is 8.02. The van der Waals surface area contributed by atoms with Crippen LogP contribution in [0, 0.1) is 0 Å². The first-order valence-electron chi connectivity index (χ1n) is 10.3. The van der Waals surface area contributed by atoms with E-state index >= 15 is 0 Å². The Balaban J connectivity index is 2.11. The lowest BCUT2D eigenvalue weighted by Gasteiger charge is -2.45. The minimum atomic E-state index is -0.947. The van der Waals surface area contributed by atoms with Gasteiger partial charge in [0, 0.05) is 43.5 Å². The number of fused-ring (bicyclic) bond motifs is 1. The molecule has 1 N–H and O–H groups in total. The third kappa shape index (κ3) is 3.73. The molecule has 2 heterocycles. The molecule has 8 nitrogen and oxygen atoms in total. The number of nitrogens with zero attached hydrogens (tertiary/aromatic N) is 4. The molecule has 2 aromatic rings. The topological polar surface area (TPSA) is 84.7 Å². The van der Waals surface area contributed by atoms with Crippen molar-refractivity contribution in [3.05, 3.63) is 36.2 Å². The first-order chi connectivity index (χ1) is 14.2. The van der Waals surface area contributed by atoms with Crippen LogP contribution in [0.5, 0.6) is 0 Å². The minimum absolute atomic E-state index is 0.0314. The fourth-order valence-electron chi connectivity index (χ4n) is 4.41. The lowest BCUT2D eigenvalue weighted by atomic mass is 9.86. The van der Waals surface area contributed by atoms with Crippen LogP contribution in [0.2, 0.25) is 0 Å². The maximum atomic E-state index is 12.6. The average molecular weight is 416 g/mol. The molecule has 3 rings (SSSR count). The van der Waals surface area contributed by atoms with Crippen LogP contribution in [-0.2, 0) is 16.1 Å². The summed E-state index contributed by atoms with van der Waals surface area (Å²) in [6.07, 6.45) is 3.39. The zero-order valence-corrected chi connectivity index (χ0v) is 18.3. The molecular weight excluding hydrogens is 384 g/mol. The Labute approximate surface area is 177 Å². The Bertz CT molecular complexity index is 941. The second-order valence-electron chi connectivity index (χ2n) is 8.02. The maximum Gasteiger partial charge on any atom is 0.407 e. The lowest BCUT2D eigenvalue weighted by molar-refractivity contribution is -0.129. The highest BCUT2D eigenvalue weighted by Gasteiger charge is 2.47. The van der Waals surface area contributed by atoms with E-state index in [1.165, 1.54) is 4.90 Å². The summed E-state index contributed by atoms with van der Waals surface area (Å²) in [4.78, 5) is 26.0. The fourth-order valence-corrected chi connectivity index (χ4v) is 4.41. The van der Waals surface area contributed by atoms with Crippen molar-refractivity contribution in [1.29, 1.82) is 0 Å². The number of hydrogen-bond donors (Lipinski definition) is 1. The molecule has 2 amide bonds. The van der Waals surface area contributed by atoms with Crippen LogP contribution in [0.3, 0.4) is 0 Å². The SMILES string of the molecule is CCN(C(=O)O)[C@@H]1C[C@H](C)[N+](C)(C(C)=O)c2ccc(-c3cnn(CCOC)c3)cc21. The molecule has 0 radical (unpaired) electrons. The maximum absolute atomic E-state index is 12.6. The van der Waals surface area contributed by atoms with Crippen molar-refractivity contribution in [2.75, 3.05) is 27.3 Å². The van der Waals surface area contributed by atoms with Gasteiger partial charge in [0.1, 0.15) is 5.69 Å². The number of ether oxygens (including phenoxy) is 1. The Morgan fingerprint density at radius 1 is 1.37 bits per heavy atom. The summed E-state index contributed by atoms with van der Waals surface area (Å²) in [7, 11) is 3.57. The Kier molecular flexibility index (Phi) is 6.28. The van der Waals surface area contributed by atoms with Gasteiger partial charge >= 0.3 is 12.0 Å². The number of amides is 2. The molecule has 1 unspecified atom stereocenters. The van der Waals surface area contributed by atoms with Crippen molar-refractivity contribution in [3.63, 3.8) is 0 Å². The van der Waals surface area contributed by atoms with Crippen molar-refractivity contribution in [1.82, 2.24) is 19.2 Å². The van der Waals surface area contributed by atoms with Gasteiger partial charge < -0.3 is 14.7 Å². The van der Waals surface area contributed by atoms with Crippen LogP contribution in [0.15, 0.2) is 30.6 Å². The predicted octanol–water partition coefficient (Wildman–Crippen LogP) is 3.51. The summed E-state index contributed by atoms with van der Waals surface area (Å²) in [6, 6.07) is 5.65. The van der Waals surface area contributed by atoms with Gasteiger partial charge in [-0.1, -0.05) is 0 Å². The summed E-state index contributed by atoms with van der Waals surface area (Å²) in [5.74, 6) is 0.0423. The van der Waals surface area contributed by atoms with Crippen LogP contribution in [0.4, 0.5) is 10.5 Å². The molecule has 0 saturated heterocycles. The van der Waals surface area contributed by atoms with E-state index in [0.29, 0.717) is 26.1 Å². The number of aromatic nitrogens is 2. The standard InChI is InChI=1S/C22H30N4O4/c1-6-25(22(28)29)20-11-15(2)26(4,16(3)27)21-8-7-17(12-19(20)21)18-13-23-24(14-18)9-10-30-5/h7-8,12-15,20H,6,9-11H2,1-5H3/p+1/t15-,20+,26?/m0/s1. The number of benzene rings is 1. The van der Waals surface area contributed by atoms with Crippen molar-refractivity contribution in [2.45, 2.75) is 45.8 Å². The summed E-state index contributed by atoms with van der Waals surface area (Å²) >= 11 is 0. The highest BCUT2D eigenvalue weighted by atomic mass is 16.5. The quantitative estimate of drug-likeness (QED) is 0.730. The van der Waals surface area contributed by atoms with Crippen LogP contribution in [-0.4, -0.2) is 65.1 Å². The largest absolute Gasteiger partial charge is 0.465 e. The normalized spacial score (nSPS) is 23.1. The highest BCUT2D eigenvalue weighted by Crippen LogP contribution is 2.45. The molecule has 0 spiro atoms. The minimum Gasteiger partial charge on any atom is -0.465 e. The third-order valence-corrected chi connectivity index (χ3v) is 6.44. The Morgan fingerprint density at radius 2 is 2.10 bits per heavy atom. The van der Waals surface area contributed by atoms with Gasteiger partial charge in [-0.05, 0) is 31.5 Å². The van der Waals surface area contributed by atoms with E-state index in [9.17, 15) is 14.7 Å². The van der Waals surface area contributed by atoms with E-state index in [1.807, 2.05) is 50.0 Å². The van der Waals surface area contributed by atoms with Crippen molar-refractivity contribution >= 4 is 17.7 Å². The molecule has 1 aromatic heterocycles. The van der Waals surface area contributed by atoms with Crippen LogP contribution < -0.4 is 4.48 Å². The van der Waals surface area contributed by atoms with Crippen LogP contribution >= 0.6 is 0 Å². The first-order valence-corrected chi connectivity index (χ1v) is 10.3. The van der Waals surface area contributed by atoms with Gasteiger partial charge in [0.25, 0.3) is 0 Å². The molecule has 1 aliphatic heterocycles. The van der Waals surface area contributed by atoms with Crippen LogP contribution in [0.25, 0.3) is 11.1 Å². The summed E-state index contributed by atoms with van der Waals surface area (Å²) in [6.45, 7) is 7.07. The summed E-state index contributed by atoms with van der Waals surface area (Å²) in [5.41, 5.74) is 3.65. The number of quaternary nitrogens is 1. The number of methoxy groups -OCH3 is 1. The first kappa shape index (κ1) is 22.0. The van der Waals surface area contributed by atoms with E-state index in [1.54, 1.807) is 20.2 Å². The number of carbonyl (C=O) groups excluding carboxylic acids is 1. The van der Waals surface area contributed by atoms with E-state index in [4.69, 9.17) is 4.74 Å². The van der Waals surface area contributed by atoms with Gasteiger partial charge in [-0.25, -0.2) is 14.1 Å². The predicted molar refractivity (Wildman–Crippen MR) is 115 cm³/mol. The highest BCUT2D eigenvalue weighted by molar-refractivity contribution is 5.89. The second kappa shape index (κ2) is 8.57. The van der Waals surface area contributed by atoms with Gasteiger partial charge in [0.05, 0.1) is 45.4 Å². The van der Waals surface area contributed by atoms with Crippen molar-refractivity contribution in [2.24, 2.45) is 0 Å². The number of hydrogen-bond acceptors (Lipinski definition) is 4. The molecule has 3 atom stereocenters. The van der Waals surface area contributed by atoms with Gasteiger partial charge in [0.2, 0.25) is 0 Å². The molecule has 162 valence electrons. The van der Waals surface area contributed by atoms with Gasteiger partial charge in [-0.15, -0.1) is 0 Å². The fraction of sp³-hybridized carbons (Fsp3) is 0.500. The molecule has 0 saturated carbocycles. The average Bonchev–Trinajstić information content (AvgIpc) is 3.18. The molecule has 30 heavy (non-hydrogen) atoms. The molecular formula is C22H31N4O4+. The Hall–Kier alpha value is -2.71. The molecule has 1 aromatic carbocycles. The van der Waals surface area contributed by atoms with Crippen LogP contribution in [0.1, 0.15) is 38.8 Å². The van der Waals surface area contributed by atoms with Crippen molar-refractivity contribution in [3.8, 4) is 11.1 Å². The molecule has 0 aliphatic carbocycles. The number of carbonyl (C=O) groups is 2. The monoisotopic (exact) mass is 415 g/mol. The van der Waals surface area contributed by atoms with E-state index < -0.39 is 6.09 Å². The summed E-state index contributed by atoms with van der Waals surface area (Å²) in [5, 5.41) is 14.2. The van der Waals surface area contributed by atoms with Gasteiger partial charge in [-0.2, -0.15) is 5.10 Å². The zero-order valence-electron chi connectivity index (χ0n) is 18.3. The van der Waals surface area contributed by atoms with E-state index in [2.05, 4.69) is 5.10 Å². The number of carboxylic acid groups (broad SMARTS) is 1. The van der Waals surface area contributed by atoms with E-state index in [-0.39, 0.29) is 22.5 Å². The Morgan fingerprint density at radius 3 is 2.70 bits per heavy atom. The zero-order chi connectivity index (χ0) is 22.1. The molecule has 1 aliphatic rings. The van der Waals surface area contributed by atoms with Gasteiger partial charge in [0.15, 0.2) is 0 Å².